The maximum Gasteiger partial charge on any atom is 0.103 e. The molecule has 6 heteroatoms. The molecule has 1 heterocycles. The van der Waals surface area contributed by atoms with Crippen LogP contribution in [0.5, 0.6) is 0 Å². The summed E-state index contributed by atoms with van der Waals surface area (Å²) in [6.07, 6.45) is 1.97. The van der Waals surface area contributed by atoms with Crippen molar-refractivity contribution in [3.8, 4) is 0 Å². The van der Waals surface area contributed by atoms with E-state index in [0.717, 1.165) is 32.8 Å². The van der Waals surface area contributed by atoms with Crippen molar-refractivity contribution in [3.05, 3.63) is 12.7 Å². The SMILES string of the molecule is C=CC[N+]1(CC)CCOCC1.COCCOCCC(=O)[O-]. The van der Waals surface area contributed by atoms with Crippen LogP contribution in [-0.4, -0.2) is 76.8 Å². The van der Waals surface area contributed by atoms with Crippen LogP contribution in [0.2, 0.25) is 0 Å². The molecule has 0 bridgehead atoms. The van der Waals surface area contributed by atoms with Crippen molar-refractivity contribution in [2.24, 2.45) is 0 Å². The van der Waals surface area contributed by atoms with Crippen molar-refractivity contribution in [3.63, 3.8) is 0 Å². The molecule has 0 aliphatic carbocycles. The second kappa shape index (κ2) is 12.8. The van der Waals surface area contributed by atoms with Crippen LogP contribution in [0.1, 0.15) is 13.3 Å². The van der Waals surface area contributed by atoms with Gasteiger partial charge in [-0.3, -0.25) is 0 Å². The summed E-state index contributed by atoms with van der Waals surface area (Å²) in [6.45, 7) is 13.6. The van der Waals surface area contributed by atoms with E-state index < -0.39 is 5.97 Å². The molecule has 0 aromatic rings. The molecular weight excluding hydrogens is 274 g/mol. The third-order valence-corrected chi connectivity index (χ3v) is 3.49. The van der Waals surface area contributed by atoms with Crippen LogP contribution in [0, 0.1) is 0 Å². The molecule has 0 atom stereocenters. The van der Waals surface area contributed by atoms with E-state index in [4.69, 9.17) is 9.47 Å². The highest BCUT2D eigenvalue weighted by atomic mass is 16.5. The number of carbonyl (C=O) groups excluding carboxylic acids is 1. The Hall–Kier alpha value is -0.950. The third-order valence-electron chi connectivity index (χ3n) is 3.49. The number of likely N-dealkylation sites (N-methyl/N-ethyl adjacent to an activating group) is 1. The maximum atomic E-state index is 9.81. The molecule has 21 heavy (non-hydrogen) atoms. The van der Waals surface area contributed by atoms with E-state index in [9.17, 15) is 9.90 Å². The summed E-state index contributed by atoms with van der Waals surface area (Å²) >= 11 is 0. The Balaban J connectivity index is 0.000000384. The minimum absolute atomic E-state index is 0.0519. The topological polar surface area (TPSA) is 67.8 Å². The van der Waals surface area contributed by atoms with Crippen molar-refractivity contribution in [2.75, 3.05) is 66.3 Å². The summed E-state index contributed by atoms with van der Waals surface area (Å²) in [7, 11) is 1.56. The first-order valence-electron chi connectivity index (χ1n) is 7.40. The fraction of sp³-hybridized carbons (Fsp3) is 0.800. The van der Waals surface area contributed by atoms with E-state index in [0.29, 0.717) is 13.2 Å². The van der Waals surface area contributed by atoms with Crippen LogP contribution in [0.4, 0.5) is 0 Å². The highest BCUT2D eigenvalue weighted by Crippen LogP contribution is 2.10. The predicted octanol–water partition coefficient (Wildman–Crippen LogP) is -0.171. The lowest BCUT2D eigenvalue weighted by Gasteiger charge is -2.39. The van der Waals surface area contributed by atoms with Crippen molar-refractivity contribution >= 4 is 5.97 Å². The molecule has 1 rings (SSSR count). The first kappa shape index (κ1) is 20.1. The Labute approximate surface area is 127 Å². The van der Waals surface area contributed by atoms with Gasteiger partial charge in [-0.25, -0.2) is 0 Å². The molecule has 0 spiro atoms. The van der Waals surface area contributed by atoms with Crippen molar-refractivity contribution in [2.45, 2.75) is 13.3 Å². The smallest absolute Gasteiger partial charge is 0.103 e. The van der Waals surface area contributed by atoms with E-state index in [2.05, 4.69) is 18.2 Å². The lowest BCUT2D eigenvalue weighted by atomic mass is 10.3. The highest BCUT2D eigenvalue weighted by Gasteiger charge is 2.26. The van der Waals surface area contributed by atoms with Gasteiger partial charge in [-0.05, 0) is 13.0 Å². The van der Waals surface area contributed by atoms with Gasteiger partial charge in [-0.1, -0.05) is 6.58 Å². The number of methoxy groups -OCH3 is 1. The second-order valence-electron chi connectivity index (χ2n) is 4.92. The number of carboxylic acids is 1. The molecule has 1 fully saturated rings. The summed E-state index contributed by atoms with van der Waals surface area (Å²) in [5, 5.41) is 9.81. The number of ether oxygens (including phenoxy) is 3. The first-order chi connectivity index (χ1) is 10.1. The van der Waals surface area contributed by atoms with Gasteiger partial charge in [0.05, 0.1) is 46.1 Å². The minimum Gasteiger partial charge on any atom is -0.550 e. The molecule has 1 aliphatic rings. The number of hydrogen-bond acceptors (Lipinski definition) is 5. The molecule has 0 saturated carbocycles. The molecule has 0 unspecified atom stereocenters. The fourth-order valence-corrected chi connectivity index (χ4v) is 2.03. The average molecular weight is 303 g/mol. The largest absolute Gasteiger partial charge is 0.550 e. The van der Waals surface area contributed by atoms with Gasteiger partial charge in [0, 0.05) is 19.5 Å². The molecule has 0 aromatic carbocycles. The first-order valence-corrected chi connectivity index (χ1v) is 7.40. The molecule has 6 nitrogen and oxygen atoms in total. The Bertz CT molecular complexity index is 277. The summed E-state index contributed by atoms with van der Waals surface area (Å²) in [6, 6.07) is 0. The van der Waals surface area contributed by atoms with Gasteiger partial charge in [0.1, 0.15) is 13.1 Å². The standard InChI is InChI=1S/C9H18NO.C6H12O4/c1-3-5-10(4-2)6-8-11-9-7-10;1-9-4-5-10-3-2-6(7)8/h3H,1,4-9H2,2H3;2-5H2,1H3,(H,7,8)/q+1;/p-1. The van der Waals surface area contributed by atoms with E-state index in [1.54, 1.807) is 7.11 Å². The molecule has 0 amide bonds. The Kier molecular flexibility index (Phi) is 12.2. The Morgan fingerprint density at radius 1 is 1.33 bits per heavy atom. The van der Waals surface area contributed by atoms with Crippen molar-refractivity contribution < 1.29 is 28.6 Å². The highest BCUT2D eigenvalue weighted by molar-refractivity contribution is 5.64. The minimum atomic E-state index is -1.09. The summed E-state index contributed by atoms with van der Waals surface area (Å²) in [5.41, 5.74) is 0. The molecular formula is C15H29NO5. The lowest BCUT2D eigenvalue weighted by molar-refractivity contribution is -0.928. The number of nitrogens with zero attached hydrogens (tertiary/aromatic N) is 1. The number of aliphatic carboxylic acids is 1. The number of hydrogen-bond donors (Lipinski definition) is 0. The van der Waals surface area contributed by atoms with Gasteiger partial charge in [-0.2, -0.15) is 0 Å². The molecule has 1 aliphatic heterocycles. The van der Waals surface area contributed by atoms with Crippen LogP contribution < -0.4 is 5.11 Å². The van der Waals surface area contributed by atoms with Gasteiger partial charge in [-0.15, -0.1) is 0 Å². The summed E-state index contributed by atoms with van der Waals surface area (Å²) < 4.78 is 16.0. The third kappa shape index (κ3) is 10.4. The molecule has 0 aromatic heterocycles. The van der Waals surface area contributed by atoms with Gasteiger partial charge in [0.15, 0.2) is 0 Å². The zero-order chi connectivity index (χ0) is 16.0. The van der Waals surface area contributed by atoms with Crippen LogP contribution in [-0.2, 0) is 19.0 Å². The fourth-order valence-electron chi connectivity index (χ4n) is 2.03. The monoisotopic (exact) mass is 303 g/mol. The molecule has 1 saturated heterocycles. The molecule has 0 radical (unpaired) electrons. The second-order valence-corrected chi connectivity index (χ2v) is 4.92. The van der Waals surface area contributed by atoms with Gasteiger partial charge < -0.3 is 28.6 Å². The maximum absolute atomic E-state index is 9.81. The Morgan fingerprint density at radius 3 is 2.48 bits per heavy atom. The van der Waals surface area contributed by atoms with Gasteiger partial charge in [0.25, 0.3) is 0 Å². The zero-order valence-electron chi connectivity index (χ0n) is 13.3. The normalized spacial score (nSPS) is 16.7. The number of quaternary nitrogens is 1. The molecule has 124 valence electrons. The predicted molar refractivity (Wildman–Crippen MR) is 78.7 cm³/mol. The summed E-state index contributed by atoms with van der Waals surface area (Å²) in [4.78, 5) is 9.81. The quantitative estimate of drug-likeness (QED) is 0.336. The van der Waals surface area contributed by atoms with E-state index in [-0.39, 0.29) is 13.0 Å². The summed E-state index contributed by atoms with van der Waals surface area (Å²) in [5.74, 6) is -1.09. The lowest BCUT2D eigenvalue weighted by Crippen LogP contribution is -2.54. The van der Waals surface area contributed by atoms with Gasteiger partial charge in [0.2, 0.25) is 0 Å². The van der Waals surface area contributed by atoms with E-state index >= 15 is 0 Å². The Morgan fingerprint density at radius 2 is 2.00 bits per heavy atom. The van der Waals surface area contributed by atoms with Crippen LogP contribution in [0.15, 0.2) is 12.7 Å². The van der Waals surface area contributed by atoms with Crippen LogP contribution in [0.25, 0.3) is 0 Å². The van der Waals surface area contributed by atoms with Gasteiger partial charge >= 0.3 is 0 Å². The molecule has 0 N–H and O–H groups in total. The number of rotatable bonds is 9. The number of morpholine rings is 1. The van der Waals surface area contributed by atoms with Crippen LogP contribution >= 0.6 is 0 Å². The average Bonchev–Trinajstić information content (AvgIpc) is 2.49. The number of carbonyl (C=O) groups is 1. The van der Waals surface area contributed by atoms with Crippen molar-refractivity contribution in [1.29, 1.82) is 0 Å². The van der Waals surface area contributed by atoms with E-state index in [1.807, 2.05) is 6.08 Å². The van der Waals surface area contributed by atoms with Crippen molar-refractivity contribution in [1.82, 2.24) is 0 Å². The number of carboxylic acid groups (broad SMARTS) is 1. The van der Waals surface area contributed by atoms with E-state index in [1.165, 1.54) is 11.0 Å². The zero-order valence-corrected chi connectivity index (χ0v) is 13.3. The van der Waals surface area contributed by atoms with Crippen LogP contribution in [0.3, 0.4) is 0 Å².